The maximum Gasteiger partial charge on any atom is 0.230 e. The van der Waals surface area contributed by atoms with Gasteiger partial charge in [0.1, 0.15) is 5.75 Å². The number of hydrogen-bond acceptors (Lipinski definition) is 4. The Kier molecular flexibility index (Phi) is 7.19. The average molecular weight is 410 g/mol. The van der Waals surface area contributed by atoms with Crippen LogP contribution >= 0.6 is 11.6 Å². The number of aryl methyl sites for hydroxylation is 1. The SMILES string of the molecule is COc1ccc(N(C)C(=O)[C@@H](CCc2ccnc(Cl)n2)Cc2ccccc2)cc1. The molecule has 1 heterocycles. The number of anilines is 1. The summed E-state index contributed by atoms with van der Waals surface area (Å²) in [6.07, 6.45) is 3.63. The van der Waals surface area contributed by atoms with E-state index >= 15 is 0 Å². The lowest BCUT2D eigenvalue weighted by Gasteiger charge is -2.24. The fourth-order valence-electron chi connectivity index (χ4n) is 3.25. The first-order valence-corrected chi connectivity index (χ1v) is 9.87. The minimum atomic E-state index is -0.182. The topological polar surface area (TPSA) is 55.3 Å². The van der Waals surface area contributed by atoms with Crippen LogP contribution in [0.1, 0.15) is 17.7 Å². The van der Waals surface area contributed by atoms with Gasteiger partial charge in [0.15, 0.2) is 0 Å². The quantitative estimate of drug-likeness (QED) is 0.510. The van der Waals surface area contributed by atoms with Crippen LogP contribution in [0.3, 0.4) is 0 Å². The Morgan fingerprint density at radius 3 is 2.48 bits per heavy atom. The monoisotopic (exact) mass is 409 g/mol. The Morgan fingerprint density at radius 2 is 1.83 bits per heavy atom. The lowest BCUT2D eigenvalue weighted by Crippen LogP contribution is -2.34. The first-order valence-electron chi connectivity index (χ1n) is 9.50. The number of amides is 1. The van der Waals surface area contributed by atoms with E-state index in [-0.39, 0.29) is 17.1 Å². The Morgan fingerprint density at radius 1 is 1.10 bits per heavy atom. The third kappa shape index (κ3) is 5.78. The van der Waals surface area contributed by atoms with E-state index in [1.807, 2.05) is 55.6 Å². The summed E-state index contributed by atoms with van der Waals surface area (Å²) in [4.78, 5) is 23.2. The normalized spacial score (nSPS) is 11.7. The van der Waals surface area contributed by atoms with E-state index in [0.717, 1.165) is 22.7 Å². The van der Waals surface area contributed by atoms with E-state index < -0.39 is 0 Å². The minimum absolute atomic E-state index is 0.0687. The van der Waals surface area contributed by atoms with E-state index in [1.165, 1.54) is 0 Å². The summed E-state index contributed by atoms with van der Waals surface area (Å²) in [5.41, 5.74) is 2.80. The van der Waals surface area contributed by atoms with Crippen LogP contribution in [0.4, 0.5) is 5.69 Å². The Hall–Kier alpha value is -2.92. The highest BCUT2D eigenvalue weighted by Crippen LogP contribution is 2.23. The van der Waals surface area contributed by atoms with E-state index in [0.29, 0.717) is 19.3 Å². The van der Waals surface area contributed by atoms with Crippen molar-refractivity contribution in [1.29, 1.82) is 0 Å². The molecule has 6 heteroatoms. The highest BCUT2D eigenvalue weighted by molar-refractivity contribution is 6.28. The van der Waals surface area contributed by atoms with Crippen molar-refractivity contribution >= 4 is 23.2 Å². The lowest BCUT2D eigenvalue weighted by molar-refractivity contribution is -0.122. The largest absolute Gasteiger partial charge is 0.497 e. The molecule has 0 spiro atoms. The number of ether oxygens (including phenoxy) is 1. The summed E-state index contributed by atoms with van der Waals surface area (Å²) in [6, 6.07) is 19.4. The summed E-state index contributed by atoms with van der Waals surface area (Å²) < 4.78 is 5.21. The molecule has 0 aliphatic carbocycles. The first kappa shape index (κ1) is 20.8. The predicted octanol–water partition coefficient (Wildman–Crippen LogP) is 4.59. The van der Waals surface area contributed by atoms with Gasteiger partial charge in [-0.25, -0.2) is 9.97 Å². The van der Waals surface area contributed by atoms with Crippen molar-refractivity contribution in [3.05, 3.63) is 83.4 Å². The van der Waals surface area contributed by atoms with Gasteiger partial charge in [-0.1, -0.05) is 30.3 Å². The molecule has 0 saturated heterocycles. The van der Waals surface area contributed by atoms with E-state index in [4.69, 9.17) is 16.3 Å². The van der Waals surface area contributed by atoms with Gasteiger partial charge in [-0.05, 0) is 66.8 Å². The van der Waals surface area contributed by atoms with Crippen LogP contribution < -0.4 is 9.64 Å². The Labute approximate surface area is 176 Å². The molecule has 2 aromatic carbocycles. The second-order valence-corrected chi connectivity index (χ2v) is 7.18. The van der Waals surface area contributed by atoms with Crippen molar-refractivity contribution in [3.8, 4) is 5.75 Å². The molecule has 0 radical (unpaired) electrons. The Balaban J connectivity index is 1.77. The summed E-state index contributed by atoms with van der Waals surface area (Å²) >= 11 is 5.90. The second kappa shape index (κ2) is 10.0. The number of rotatable bonds is 8. The molecule has 0 aliphatic rings. The molecule has 150 valence electrons. The zero-order chi connectivity index (χ0) is 20.6. The first-order chi connectivity index (χ1) is 14.1. The van der Waals surface area contributed by atoms with Crippen molar-refractivity contribution < 1.29 is 9.53 Å². The summed E-state index contributed by atoms with van der Waals surface area (Å²) in [5.74, 6) is 0.647. The van der Waals surface area contributed by atoms with Crippen LogP contribution in [-0.2, 0) is 17.6 Å². The number of methoxy groups -OCH3 is 1. The third-order valence-corrected chi connectivity index (χ3v) is 5.08. The molecule has 0 unspecified atom stereocenters. The van der Waals surface area contributed by atoms with Crippen molar-refractivity contribution in [2.75, 3.05) is 19.1 Å². The molecule has 1 aromatic heterocycles. The van der Waals surface area contributed by atoms with Crippen LogP contribution in [-0.4, -0.2) is 30.0 Å². The van der Waals surface area contributed by atoms with Crippen LogP contribution in [0.5, 0.6) is 5.75 Å². The van der Waals surface area contributed by atoms with Gasteiger partial charge in [0, 0.05) is 30.5 Å². The molecule has 5 nitrogen and oxygen atoms in total. The van der Waals surface area contributed by atoms with Crippen LogP contribution in [0.25, 0.3) is 0 Å². The second-order valence-electron chi connectivity index (χ2n) is 6.84. The van der Waals surface area contributed by atoms with Crippen molar-refractivity contribution in [2.45, 2.75) is 19.3 Å². The van der Waals surface area contributed by atoms with Crippen LogP contribution in [0.2, 0.25) is 5.28 Å². The van der Waals surface area contributed by atoms with Gasteiger partial charge in [-0.3, -0.25) is 4.79 Å². The highest BCUT2D eigenvalue weighted by atomic mass is 35.5. The van der Waals surface area contributed by atoms with Gasteiger partial charge in [0.05, 0.1) is 7.11 Å². The molecule has 1 amide bonds. The molecule has 3 rings (SSSR count). The summed E-state index contributed by atoms with van der Waals surface area (Å²) in [5, 5.41) is 0.226. The third-order valence-electron chi connectivity index (χ3n) is 4.90. The van der Waals surface area contributed by atoms with Crippen molar-refractivity contribution in [2.24, 2.45) is 5.92 Å². The molecule has 0 bridgehead atoms. The summed E-state index contributed by atoms with van der Waals surface area (Å²) in [7, 11) is 3.43. The fraction of sp³-hybridized carbons (Fsp3) is 0.261. The standard InChI is InChI=1S/C23H24ClN3O2/c1-27(20-10-12-21(29-2)13-11-20)22(28)18(16-17-6-4-3-5-7-17)8-9-19-14-15-25-23(24)26-19/h3-7,10-15,18H,8-9,16H2,1-2H3/t18-/m0/s1. The van der Waals surface area contributed by atoms with E-state index in [1.54, 1.807) is 18.2 Å². The molecule has 0 fully saturated rings. The number of nitrogens with zero attached hydrogens (tertiary/aromatic N) is 3. The number of aromatic nitrogens is 2. The zero-order valence-electron chi connectivity index (χ0n) is 16.6. The zero-order valence-corrected chi connectivity index (χ0v) is 17.3. The molecule has 0 N–H and O–H groups in total. The molecule has 3 aromatic rings. The average Bonchev–Trinajstić information content (AvgIpc) is 2.76. The molecular formula is C23H24ClN3O2. The van der Waals surface area contributed by atoms with Gasteiger partial charge in [-0.15, -0.1) is 0 Å². The van der Waals surface area contributed by atoms with E-state index in [9.17, 15) is 4.79 Å². The van der Waals surface area contributed by atoms with Gasteiger partial charge in [-0.2, -0.15) is 0 Å². The fourth-order valence-corrected chi connectivity index (χ4v) is 3.41. The molecule has 0 aliphatic heterocycles. The number of halogens is 1. The van der Waals surface area contributed by atoms with Gasteiger partial charge in [0.2, 0.25) is 11.2 Å². The maximum atomic E-state index is 13.3. The molecule has 29 heavy (non-hydrogen) atoms. The van der Waals surface area contributed by atoms with Gasteiger partial charge < -0.3 is 9.64 Å². The minimum Gasteiger partial charge on any atom is -0.497 e. The van der Waals surface area contributed by atoms with Crippen LogP contribution in [0.15, 0.2) is 66.9 Å². The number of carbonyl (C=O) groups excluding carboxylic acids is 1. The number of carbonyl (C=O) groups is 1. The maximum absolute atomic E-state index is 13.3. The predicted molar refractivity (Wildman–Crippen MR) is 115 cm³/mol. The van der Waals surface area contributed by atoms with Gasteiger partial charge in [0.25, 0.3) is 0 Å². The van der Waals surface area contributed by atoms with Crippen molar-refractivity contribution in [3.63, 3.8) is 0 Å². The smallest absolute Gasteiger partial charge is 0.230 e. The molecular weight excluding hydrogens is 386 g/mol. The van der Waals surface area contributed by atoms with Gasteiger partial charge >= 0.3 is 0 Å². The van der Waals surface area contributed by atoms with E-state index in [2.05, 4.69) is 22.1 Å². The lowest BCUT2D eigenvalue weighted by atomic mass is 9.92. The van der Waals surface area contributed by atoms with Crippen molar-refractivity contribution in [1.82, 2.24) is 9.97 Å². The summed E-state index contributed by atoms with van der Waals surface area (Å²) in [6.45, 7) is 0. The number of benzene rings is 2. The molecule has 0 saturated carbocycles. The van der Waals surface area contributed by atoms with Crippen LogP contribution in [0, 0.1) is 5.92 Å². The number of hydrogen-bond donors (Lipinski definition) is 0. The molecule has 1 atom stereocenters. The Bertz CT molecular complexity index is 932. The highest BCUT2D eigenvalue weighted by Gasteiger charge is 2.23.